The van der Waals surface area contributed by atoms with Gasteiger partial charge in [0.15, 0.2) is 18.1 Å². The first-order chi connectivity index (χ1) is 13.2. The monoisotopic (exact) mass is 390 g/mol. The fourth-order valence-electron chi connectivity index (χ4n) is 3.04. The van der Waals surface area contributed by atoms with Gasteiger partial charge in [0, 0.05) is 29.6 Å². The summed E-state index contributed by atoms with van der Waals surface area (Å²) in [5.74, 6) is -1.14. The Bertz CT molecular complexity index is 931. The van der Waals surface area contributed by atoms with Crippen LogP contribution < -0.4 is 9.47 Å². The molecule has 150 valence electrons. The lowest BCUT2D eigenvalue weighted by Crippen LogP contribution is -2.16. The van der Waals surface area contributed by atoms with E-state index in [1.54, 1.807) is 6.07 Å². The van der Waals surface area contributed by atoms with E-state index >= 15 is 0 Å². The number of carbonyl (C=O) groups excluding carboxylic acids is 2. The van der Waals surface area contributed by atoms with Crippen molar-refractivity contribution in [1.29, 1.82) is 0 Å². The largest absolute Gasteiger partial charge is 0.493 e. The van der Waals surface area contributed by atoms with Crippen LogP contribution in [-0.4, -0.2) is 42.1 Å². The number of benzene rings is 1. The summed E-state index contributed by atoms with van der Waals surface area (Å²) in [4.78, 5) is 35.4. The minimum Gasteiger partial charge on any atom is -0.493 e. The van der Waals surface area contributed by atoms with Crippen molar-refractivity contribution in [3.63, 3.8) is 0 Å². The number of nitro groups is 1. The summed E-state index contributed by atoms with van der Waals surface area (Å²) in [6.45, 7) is 5.84. The SMILES string of the molecule is CCn1c(C)cc(C(=O)COC(=O)c2cc(OC)c(OC)cc2[N+](=O)[O-])c1C. The van der Waals surface area contributed by atoms with Crippen molar-refractivity contribution < 1.29 is 28.7 Å². The average molecular weight is 390 g/mol. The first-order valence-corrected chi connectivity index (χ1v) is 8.52. The number of methoxy groups -OCH3 is 2. The lowest BCUT2D eigenvalue weighted by Gasteiger charge is -2.10. The molecule has 0 bridgehead atoms. The highest BCUT2D eigenvalue weighted by Crippen LogP contribution is 2.34. The van der Waals surface area contributed by atoms with Crippen molar-refractivity contribution in [3.8, 4) is 11.5 Å². The van der Waals surface area contributed by atoms with Crippen LogP contribution in [0.15, 0.2) is 18.2 Å². The van der Waals surface area contributed by atoms with Crippen molar-refractivity contribution in [3.05, 3.63) is 50.8 Å². The first kappa shape index (κ1) is 20.9. The van der Waals surface area contributed by atoms with Crippen LogP contribution in [0, 0.1) is 24.0 Å². The topological polar surface area (TPSA) is 110 Å². The Morgan fingerprint density at radius 1 is 1.07 bits per heavy atom. The number of esters is 1. The number of aromatic nitrogens is 1. The highest BCUT2D eigenvalue weighted by atomic mass is 16.6. The van der Waals surface area contributed by atoms with Gasteiger partial charge in [0.05, 0.1) is 25.2 Å². The van der Waals surface area contributed by atoms with Gasteiger partial charge in [-0.25, -0.2) is 4.79 Å². The van der Waals surface area contributed by atoms with Crippen LogP contribution in [-0.2, 0) is 11.3 Å². The van der Waals surface area contributed by atoms with Crippen LogP contribution in [0.2, 0.25) is 0 Å². The van der Waals surface area contributed by atoms with E-state index in [2.05, 4.69) is 0 Å². The van der Waals surface area contributed by atoms with Gasteiger partial charge in [-0.05, 0) is 26.8 Å². The molecule has 0 aliphatic rings. The number of ether oxygens (including phenoxy) is 3. The molecule has 1 heterocycles. The summed E-state index contributed by atoms with van der Waals surface area (Å²) in [5.41, 5.74) is 1.33. The van der Waals surface area contributed by atoms with Crippen LogP contribution in [0.1, 0.15) is 39.0 Å². The number of hydrogen-bond donors (Lipinski definition) is 0. The second-order valence-corrected chi connectivity index (χ2v) is 6.01. The maximum absolute atomic E-state index is 12.5. The molecule has 0 unspecified atom stereocenters. The van der Waals surface area contributed by atoms with Gasteiger partial charge < -0.3 is 18.8 Å². The first-order valence-electron chi connectivity index (χ1n) is 8.52. The number of nitrogens with zero attached hydrogens (tertiary/aromatic N) is 2. The third-order valence-corrected chi connectivity index (χ3v) is 4.44. The van der Waals surface area contributed by atoms with Crippen LogP contribution in [0.25, 0.3) is 0 Å². The summed E-state index contributed by atoms with van der Waals surface area (Å²) in [6.07, 6.45) is 0. The number of hydrogen-bond acceptors (Lipinski definition) is 7. The predicted octanol–water partition coefficient (Wildman–Crippen LogP) is 3.09. The molecule has 0 aliphatic heterocycles. The lowest BCUT2D eigenvalue weighted by atomic mass is 10.1. The summed E-state index contributed by atoms with van der Waals surface area (Å²) in [6, 6.07) is 3.96. The maximum atomic E-state index is 12.5. The Morgan fingerprint density at radius 3 is 2.18 bits per heavy atom. The third kappa shape index (κ3) is 3.98. The fraction of sp³-hybridized carbons (Fsp3) is 0.368. The molecule has 0 amide bonds. The molecule has 9 heteroatoms. The normalized spacial score (nSPS) is 10.5. The van der Waals surface area contributed by atoms with Gasteiger partial charge >= 0.3 is 5.97 Å². The summed E-state index contributed by atoms with van der Waals surface area (Å²) < 4.78 is 17.1. The molecule has 0 spiro atoms. The summed E-state index contributed by atoms with van der Waals surface area (Å²) in [7, 11) is 2.66. The summed E-state index contributed by atoms with van der Waals surface area (Å²) >= 11 is 0. The van der Waals surface area contributed by atoms with E-state index in [9.17, 15) is 19.7 Å². The zero-order valence-electron chi connectivity index (χ0n) is 16.4. The van der Waals surface area contributed by atoms with Gasteiger partial charge in [-0.3, -0.25) is 14.9 Å². The Labute approximate surface area is 162 Å². The predicted molar refractivity (Wildman–Crippen MR) is 100 cm³/mol. The van der Waals surface area contributed by atoms with Crippen LogP contribution >= 0.6 is 0 Å². The fourth-order valence-corrected chi connectivity index (χ4v) is 3.04. The average Bonchev–Trinajstić information content (AvgIpc) is 2.97. The van der Waals surface area contributed by atoms with E-state index in [-0.39, 0.29) is 22.8 Å². The van der Waals surface area contributed by atoms with E-state index < -0.39 is 23.2 Å². The molecule has 0 fully saturated rings. The van der Waals surface area contributed by atoms with Crippen molar-refractivity contribution in [2.24, 2.45) is 0 Å². The van der Waals surface area contributed by atoms with E-state index in [1.165, 1.54) is 14.2 Å². The zero-order valence-corrected chi connectivity index (χ0v) is 16.4. The highest BCUT2D eigenvalue weighted by Gasteiger charge is 2.26. The zero-order chi connectivity index (χ0) is 21.0. The Morgan fingerprint density at radius 2 is 1.68 bits per heavy atom. The molecule has 2 rings (SSSR count). The lowest BCUT2D eigenvalue weighted by molar-refractivity contribution is -0.385. The van der Waals surface area contributed by atoms with Gasteiger partial charge in [0.2, 0.25) is 5.78 Å². The molecule has 0 atom stereocenters. The van der Waals surface area contributed by atoms with E-state index in [1.807, 2.05) is 25.3 Å². The number of ketones is 1. The number of aryl methyl sites for hydroxylation is 1. The second-order valence-electron chi connectivity index (χ2n) is 6.01. The van der Waals surface area contributed by atoms with Gasteiger partial charge in [-0.1, -0.05) is 0 Å². The molecule has 0 N–H and O–H groups in total. The molecular weight excluding hydrogens is 368 g/mol. The van der Waals surface area contributed by atoms with Crippen molar-refractivity contribution in [1.82, 2.24) is 4.57 Å². The van der Waals surface area contributed by atoms with E-state index in [4.69, 9.17) is 14.2 Å². The van der Waals surface area contributed by atoms with Crippen molar-refractivity contribution in [2.75, 3.05) is 20.8 Å². The van der Waals surface area contributed by atoms with Crippen molar-refractivity contribution in [2.45, 2.75) is 27.3 Å². The van der Waals surface area contributed by atoms with Crippen LogP contribution in [0.4, 0.5) is 5.69 Å². The molecule has 2 aromatic rings. The number of carbonyl (C=O) groups is 2. The van der Waals surface area contributed by atoms with Crippen LogP contribution in [0.3, 0.4) is 0 Å². The number of rotatable bonds is 8. The van der Waals surface area contributed by atoms with Gasteiger partial charge in [0.25, 0.3) is 5.69 Å². The minimum absolute atomic E-state index is 0.105. The molecule has 9 nitrogen and oxygen atoms in total. The molecule has 1 aromatic carbocycles. The molecule has 0 saturated carbocycles. The summed E-state index contributed by atoms with van der Waals surface area (Å²) in [5, 5.41) is 11.3. The molecule has 0 aliphatic carbocycles. The van der Waals surface area contributed by atoms with Gasteiger partial charge in [-0.2, -0.15) is 0 Å². The van der Waals surface area contributed by atoms with Gasteiger partial charge in [0.1, 0.15) is 5.56 Å². The molecule has 28 heavy (non-hydrogen) atoms. The Balaban J connectivity index is 2.25. The molecule has 0 saturated heterocycles. The number of nitro benzene ring substituents is 1. The third-order valence-electron chi connectivity index (χ3n) is 4.44. The Kier molecular flexibility index (Phi) is 6.40. The smallest absolute Gasteiger partial charge is 0.345 e. The quantitative estimate of drug-likeness (QED) is 0.295. The molecule has 1 aromatic heterocycles. The standard InChI is InChI=1S/C19H22N2O7/c1-6-20-11(2)7-13(12(20)3)16(22)10-28-19(23)14-8-17(26-4)18(27-5)9-15(14)21(24)25/h7-9H,6,10H2,1-5H3. The van der Waals surface area contributed by atoms with Crippen molar-refractivity contribution >= 4 is 17.4 Å². The van der Waals surface area contributed by atoms with Gasteiger partial charge in [-0.15, -0.1) is 0 Å². The minimum atomic E-state index is -0.995. The molecule has 0 radical (unpaired) electrons. The number of Topliss-reactive ketones (excluding diaryl/α,β-unsaturated/α-hetero) is 1. The molecular formula is C19H22N2O7. The van der Waals surface area contributed by atoms with E-state index in [0.717, 1.165) is 23.5 Å². The Hall–Kier alpha value is -3.36. The maximum Gasteiger partial charge on any atom is 0.345 e. The highest BCUT2D eigenvalue weighted by molar-refractivity contribution is 6.01. The van der Waals surface area contributed by atoms with Crippen LogP contribution in [0.5, 0.6) is 11.5 Å². The van der Waals surface area contributed by atoms with E-state index in [0.29, 0.717) is 12.1 Å². The second kappa shape index (κ2) is 8.55.